The number of hydrogen-bond donors (Lipinski definition) is 0. The molecule has 0 aliphatic heterocycles. The van der Waals surface area contributed by atoms with Crippen LogP contribution in [0, 0.1) is 39.3 Å². The van der Waals surface area contributed by atoms with Gasteiger partial charge in [-0.25, -0.2) is 8.78 Å². The largest absolute Gasteiger partial charge is 0.207 e. The second kappa shape index (κ2) is 5.65. The Kier molecular flexibility index (Phi) is 4.28. The van der Waals surface area contributed by atoms with Gasteiger partial charge in [0.15, 0.2) is 0 Å². The van der Waals surface area contributed by atoms with E-state index in [0.717, 1.165) is 22.8 Å². The summed E-state index contributed by atoms with van der Waals surface area (Å²) in [5, 5.41) is 0. The van der Waals surface area contributed by atoms with Gasteiger partial charge in [-0.2, -0.15) is 0 Å². The molecule has 0 heterocycles. The molecule has 1 unspecified atom stereocenters. The van der Waals surface area contributed by atoms with Gasteiger partial charge in [0, 0.05) is 11.6 Å². The standard InChI is InChI=1S/C17H17BrF2/c1-9-5-11(3)16(12(4)6-9)17(18)13-7-10(2)14(19)8-15(13)20/h5-8,17H,1-4H3. The van der Waals surface area contributed by atoms with Crippen molar-refractivity contribution in [3.05, 3.63) is 69.3 Å². The Morgan fingerprint density at radius 2 is 1.35 bits per heavy atom. The monoisotopic (exact) mass is 338 g/mol. The number of aryl methyl sites for hydroxylation is 4. The van der Waals surface area contributed by atoms with Gasteiger partial charge in [-0.05, 0) is 56.0 Å². The molecule has 1 atom stereocenters. The van der Waals surface area contributed by atoms with Crippen molar-refractivity contribution < 1.29 is 8.78 Å². The number of rotatable bonds is 2. The van der Waals surface area contributed by atoms with Gasteiger partial charge in [0.2, 0.25) is 0 Å². The second-order valence-corrected chi connectivity index (χ2v) is 6.21. The minimum Gasteiger partial charge on any atom is -0.207 e. The van der Waals surface area contributed by atoms with Gasteiger partial charge >= 0.3 is 0 Å². The van der Waals surface area contributed by atoms with Crippen molar-refractivity contribution in [2.75, 3.05) is 0 Å². The molecule has 2 aromatic rings. The highest BCUT2D eigenvalue weighted by Crippen LogP contribution is 2.37. The molecule has 0 N–H and O–H groups in total. The van der Waals surface area contributed by atoms with E-state index in [4.69, 9.17) is 0 Å². The third kappa shape index (κ3) is 2.78. The van der Waals surface area contributed by atoms with E-state index in [-0.39, 0.29) is 4.83 Å². The van der Waals surface area contributed by atoms with E-state index in [9.17, 15) is 8.78 Å². The summed E-state index contributed by atoms with van der Waals surface area (Å²) < 4.78 is 27.4. The zero-order valence-electron chi connectivity index (χ0n) is 12.0. The molecule has 0 aromatic heterocycles. The lowest BCUT2D eigenvalue weighted by molar-refractivity contribution is 0.569. The SMILES string of the molecule is Cc1cc(C)c(C(Br)c2cc(C)c(F)cc2F)c(C)c1. The smallest absolute Gasteiger partial charge is 0.130 e. The molecule has 106 valence electrons. The Morgan fingerprint density at radius 1 is 0.800 bits per heavy atom. The Labute approximate surface area is 127 Å². The summed E-state index contributed by atoms with van der Waals surface area (Å²) in [6.07, 6.45) is 0. The van der Waals surface area contributed by atoms with Crippen molar-refractivity contribution in [3.8, 4) is 0 Å². The summed E-state index contributed by atoms with van der Waals surface area (Å²) >= 11 is 3.57. The highest BCUT2D eigenvalue weighted by molar-refractivity contribution is 9.09. The van der Waals surface area contributed by atoms with Crippen molar-refractivity contribution in [2.24, 2.45) is 0 Å². The molecule has 3 heteroatoms. The summed E-state index contributed by atoms with van der Waals surface area (Å²) in [7, 11) is 0. The normalized spacial score (nSPS) is 12.6. The fraction of sp³-hybridized carbons (Fsp3) is 0.294. The molecule has 0 nitrogen and oxygen atoms in total. The Morgan fingerprint density at radius 3 is 1.90 bits per heavy atom. The molecular formula is C17H17BrF2. The van der Waals surface area contributed by atoms with Gasteiger partial charge < -0.3 is 0 Å². The first-order chi connectivity index (χ1) is 9.31. The molecule has 2 aromatic carbocycles. The maximum Gasteiger partial charge on any atom is 0.130 e. The average molecular weight is 339 g/mol. The molecule has 0 aliphatic carbocycles. The molecule has 0 saturated heterocycles. The highest BCUT2D eigenvalue weighted by Gasteiger charge is 2.20. The molecule has 0 radical (unpaired) electrons. The molecule has 0 saturated carbocycles. The van der Waals surface area contributed by atoms with Gasteiger partial charge in [0.1, 0.15) is 11.6 Å². The fourth-order valence-corrected chi connectivity index (χ4v) is 3.69. The lowest BCUT2D eigenvalue weighted by atomic mass is 9.93. The average Bonchev–Trinajstić information content (AvgIpc) is 2.32. The molecule has 0 fully saturated rings. The van der Waals surface area contributed by atoms with Crippen LogP contribution in [-0.4, -0.2) is 0 Å². The fourth-order valence-electron chi connectivity index (χ4n) is 2.62. The summed E-state index contributed by atoms with van der Waals surface area (Å²) in [5.74, 6) is -1.03. The third-order valence-corrected chi connectivity index (χ3v) is 4.49. The minimum absolute atomic E-state index is 0.276. The van der Waals surface area contributed by atoms with E-state index in [1.54, 1.807) is 13.0 Å². The maximum atomic E-state index is 14.0. The molecular weight excluding hydrogens is 322 g/mol. The van der Waals surface area contributed by atoms with Crippen LogP contribution in [-0.2, 0) is 0 Å². The topological polar surface area (TPSA) is 0 Å². The first-order valence-electron chi connectivity index (χ1n) is 6.48. The van der Waals surface area contributed by atoms with E-state index in [1.165, 1.54) is 5.56 Å². The highest BCUT2D eigenvalue weighted by atomic mass is 79.9. The predicted octanol–water partition coefficient (Wildman–Crippen LogP) is 5.68. The van der Waals surface area contributed by atoms with Crippen LogP contribution in [0.1, 0.15) is 38.2 Å². The molecule has 20 heavy (non-hydrogen) atoms. The molecule has 0 spiro atoms. The van der Waals surface area contributed by atoms with Crippen molar-refractivity contribution in [1.29, 1.82) is 0 Å². The summed E-state index contributed by atoms with van der Waals surface area (Å²) in [5.41, 5.74) is 5.35. The van der Waals surface area contributed by atoms with Crippen LogP contribution in [0.2, 0.25) is 0 Å². The first-order valence-corrected chi connectivity index (χ1v) is 7.40. The summed E-state index contributed by atoms with van der Waals surface area (Å²) in [4.78, 5) is -0.276. The lowest BCUT2D eigenvalue weighted by Gasteiger charge is -2.18. The van der Waals surface area contributed by atoms with Crippen LogP contribution in [0.3, 0.4) is 0 Å². The molecule has 0 aliphatic rings. The van der Waals surface area contributed by atoms with Crippen molar-refractivity contribution in [2.45, 2.75) is 32.5 Å². The first kappa shape index (κ1) is 15.2. The van der Waals surface area contributed by atoms with Crippen molar-refractivity contribution in [3.63, 3.8) is 0 Å². The Bertz CT molecular complexity index is 639. The van der Waals surface area contributed by atoms with E-state index < -0.39 is 11.6 Å². The van der Waals surface area contributed by atoms with Gasteiger partial charge in [-0.15, -0.1) is 0 Å². The van der Waals surface area contributed by atoms with Crippen LogP contribution >= 0.6 is 15.9 Å². The minimum atomic E-state index is -0.519. The molecule has 2 rings (SSSR count). The van der Waals surface area contributed by atoms with Gasteiger partial charge in [0.05, 0.1) is 4.83 Å². The van der Waals surface area contributed by atoms with Crippen LogP contribution in [0.25, 0.3) is 0 Å². The predicted molar refractivity (Wildman–Crippen MR) is 82.5 cm³/mol. The summed E-state index contributed by atoms with van der Waals surface area (Å²) in [6.45, 7) is 7.71. The quantitative estimate of drug-likeness (QED) is 0.617. The van der Waals surface area contributed by atoms with Crippen LogP contribution < -0.4 is 0 Å². The zero-order valence-corrected chi connectivity index (χ0v) is 13.6. The Hall–Kier alpha value is -1.22. The van der Waals surface area contributed by atoms with Gasteiger partial charge in [0.25, 0.3) is 0 Å². The van der Waals surface area contributed by atoms with E-state index in [2.05, 4.69) is 28.1 Å². The van der Waals surface area contributed by atoms with Crippen molar-refractivity contribution >= 4 is 15.9 Å². The zero-order chi connectivity index (χ0) is 15.0. The van der Waals surface area contributed by atoms with E-state index >= 15 is 0 Å². The number of alkyl halides is 1. The number of hydrogen-bond acceptors (Lipinski definition) is 0. The van der Waals surface area contributed by atoms with E-state index in [0.29, 0.717) is 11.1 Å². The molecule has 0 amide bonds. The maximum absolute atomic E-state index is 14.0. The summed E-state index contributed by atoms with van der Waals surface area (Å²) in [6, 6.07) is 6.68. The third-order valence-electron chi connectivity index (χ3n) is 3.54. The number of halogens is 3. The lowest BCUT2D eigenvalue weighted by Crippen LogP contribution is -2.03. The second-order valence-electron chi connectivity index (χ2n) is 5.30. The van der Waals surface area contributed by atoms with Crippen LogP contribution in [0.4, 0.5) is 8.78 Å². The van der Waals surface area contributed by atoms with E-state index in [1.807, 2.05) is 20.8 Å². The van der Waals surface area contributed by atoms with Crippen LogP contribution in [0.15, 0.2) is 24.3 Å². The molecule has 0 bridgehead atoms. The number of benzene rings is 2. The van der Waals surface area contributed by atoms with Gasteiger partial charge in [-0.3, -0.25) is 0 Å². The Balaban J connectivity index is 2.57. The van der Waals surface area contributed by atoms with Crippen LogP contribution in [0.5, 0.6) is 0 Å². The van der Waals surface area contributed by atoms with Crippen molar-refractivity contribution in [1.82, 2.24) is 0 Å². The van der Waals surface area contributed by atoms with Gasteiger partial charge in [-0.1, -0.05) is 33.6 Å².